The van der Waals surface area contributed by atoms with Crippen LogP contribution in [0.3, 0.4) is 0 Å². The minimum absolute atomic E-state index is 0.292. The van der Waals surface area contributed by atoms with Gasteiger partial charge in [-0.3, -0.25) is 19.3 Å². The van der Waals surface area contributed by atoms with E-state index in [1.807, 2.05) is 31.2 Å². The molecule has 31 heavy (non-hydrogen) atoms. The maximum atomic E-state index is 13.4. The van der Waals surface area contributed by atoms with Crippen LogP contribution in [0.5, 0.6) is 0 Å². The number of hydrogen-bond acceptors (Lipinski definition) is 3. The third kappa shape index (κ3) is 2.88. The molecule has 0 aromatic heterocycles. The number of amides is 3. The summed E-state index contributed by atoms with van der Waals surface area (Å²) in [6.45, 7) is 1.95. The molecule has 3 aromatic rings. The van der Waals surface area contributed by atoms with E-state index in [1.165, 1.54) is 0 Å². The van der Waals surface area contributed by atoms with Crippen LogP contribution in [0.15, 0.2) is 66.7 Å². The summed E-state index contributed by atoms with van der Waals surface area (Å²) in [5, 5.41) is 0.629. The van der Waals surface area contributed by atoms with Crippen molar-refractivity contribution in [3.8, 4) is 0 Å². The maximum absolute atomic E-state index is 13.4. The zero-order valence-electron chi connectivity index (χ0n) is 16.4. The highest BCUT2D eigenvalue weighted by molar-refractivity contribution is 6.42. The second-order valence-corrected chi connectivity index (χ2v) is 8.39. The van der Waals surface area contributed by atoms with Gasteiger partial charge in [-0.15, -0.1) is 0 Å². The Hall–Kier alpha value is -3.15. The van der Waals surface area contributed by atoms with E-state index in [4.69, 9.17) is 23.2 Å². The largest absolute Gasteiger partial charge is 0.300 e. The number of hydrogen-bond donors (Lipinski definition) is 0. The normalized spacial score (nSPS) is 20.2. The molecule has 154 valence electrons. The number of anilines is 1. The second-order valence-electron chi connectivity index (χ2n) is 7.60. The van der Waals surface area contributed by atoms with Crippen molar-refractivity contribution >= 4 is 46.6 Å². The fourth-order valence-corrected chi connectivity index (χ4v) is 4.66. The molecule has 0 aliphatic carbocycles. The number of carbonyl (C=O) groups is 3. The van der Waals surface area contributed by atoms with Crippen LogP contribution in [0.1, 0.15) is 37.9 Å². The molecule has 0 radical (unpaired) electrons. The van der Waals surface area contributed by atoms with E-state index in [2.05, 4.69) is 0 Å². The highest BCUT2D eigenvalue weighted by Crippen LogP contribution is 2.47. The van der Waals surface area contributed by atoms with Gasteiger partial charge in [-0.2, -0.15) is 0 Å². The van der Waals surface area contributed by atoms with Gasteiger partial charge in [0.2, 0.25) is 0 Å². The van der Waals surface area contributed by atoms with Crippen molar-refractivity contribution in [3.63, 3.8) is 0 Å². The Morgan fingerprint density at radius 2 is 1.32 bits per heavy atom. The monoisotopic (exact) mass is 450 g/mol. The average Bonchev–Trinajstić information content (AvgIpc) is 3.01. The van der Waals surface area contributed by atoms with Crippen LogP contribution < -0.4 is 4.90 Å². The van der Waals surface area contributed by atoms with Gasteiger partial charge >= 0.3 is 0 Å². The number of β-lactam (4-membered cyclic amide) rings is 1. The summed E-state index contributed by atoms with van der Waals surface area (Å²) in [7, 11) is 0. The van der Waals surface area contributed by atoms with Gasteiger partial charge in [0, 0.05) is 5.69 Å². The van der Waals surface area contributed by atoms with Gasteiger partial charge in [-0.05, 0) is 42.8 Å². The summed E-state index contributed by atoms with van der Waals surface area (Å²) in [5.41, 5.74) is 2.88. The zero-order valence-corrected chi connectivity index (χ0v) is 17.9. The molecule has 0 N–H and O–H groups in total. The first-order valence-electron chi connectivity index (χ1n) is 9.70. The fourth-order valence-electron chi connectivity index (χ4n) is 4.24. The number of rotatable bonds is 3. The molecule has 3 aromatic carbocycles. The molecule has 1 saturated heterocycles. The third-order valence-electron chi connectivity index (χ3n) is 5.78. The molecule has 2 aliphatic rings. The Morgan fingerprint density at radius 1 is 0.710 bits per heavy atom. The predicted molar refractivity (Wildman–Crippen MR) is 119 cm³/mol. The number of carbonyl (C=O) groups excluding carboxylic acids is 3. The minimum atomic E-state index is -1.01. The van der Waals surface area contributed by atoms with Crippen LogP contribution in [-0.4, -0.2) is 28.7 Å². The Morgan fingerprint density at radius 3 is 1.94 bits per heavy atom. The standard InChI is InChI=1S/C24H16Cl2N2O3/c1-13-9-11-14(12-10-13)27-20(17-7-4-8-18(25)19(17)26)21(24(27)31)28-22(29)15-5-2-3-6-16(15)23(28)30/h2-12,20-21H,1H3/t20-,21-/m1/s1. The topological polar surface area (TPSA) is 57.7 Å². The van der Waals surface area contributed by atoms with Crippen molar-refractivity contribution in [2.24, 2.45) is 0 Å². The van der Waals surface area contributed by atoms with Gasteiger partial charge in [-0.1, -0.05) is 65.2 Å². The molecule has 2 aliphatic heterocycles. The molecular weight excluding hydrogens is 435 g/mol. The minimum Gasteiger partial charge on any atom is -0.300 e. The van der Waals surface area contributed by atoms with Crippen molar-refractivity contribution in [3.05, 3.63) is 99.0 Å². The SMILES string of the molecule is Cc1ccc(N2C(=O)[C@H](N3C(=O)c4ccccc4C3=O)[C@H]2c2cccc(Cl)c2Cl)cc1. The van der Waals surface area contributed by atoms with E-state index < -0.39 is 23.9 Å². The quantitative estimate of drug-likeness (QED) is 0.414. The Labute approximate surface area is 188 Å². The lowest BCUT2D eigenvalue weighted by atomic mass is 9.86. The number of nitrogens with zero attached hydrogens (tertiary/aromatic N) is 2. The molecule has 2 heterocycles. The van der Waals surface area contributed by atoms with Crippen molar-refractivity contribution in [2.75, 3.05) is 4.90 Å². The lowest BCUT2D eigenvalue weighted by Crippen LogP contribution is -2.67. The van der Waals surface area contributed by atoms with Gasteiger partial charge in [0.25, 0.3) is 17.7 Å². The summed E-state index contributed by atoms with van der Waals surface area (Å²) >= 11 is 12.7. The number of halogens is 2. The highest BCUT2D eigenvalue weighted by atomic mass is 35.5. The van der Waals surface area contributed by atoms with Crippen LogP contribution in [0.25, 0.3) is 0 Å². The van der Waals surface area contributed by atoms with Gasteiger partial charge in [0.1, 0.15) is 6.04 Å². The van der Waals surface area contributed by atoms with E-state index >= 15 is 0 Å². The molecule has 0 spiro atoms. The van der Waals surface area contributed by atoms with E-state index in [1.54, 1.807) is 47.4 Å². The molecule has 0 unspecified atom stereocenters. The summed E-state index contributed by atoms with van der Waals surface area (Å²) in [4.78, 5) is 42.1. The third-order valence-corrected chi connectivity index (χ3v) is 6.62. The molecule has 0 saturated carbocycles. The van der Waals surface area contributed by atoms with Crippen LogP contribution in [0.2, 0.25) is 10.0 Å². The molecule has 0 bridgehead atoms. The smallest absolute Gasteiger partial charge is 0.262 e. The molecule has 7 heteroatoms. The highest BCUT2D eigenvalue weighted by Gasteiger charge is 2.57. The van der Waals surface area contributed by atoms with Crippen LogP contribution in [0.4, 0.5) is 5.69 Å². The molecule has 2 atom stereocenters. The van der Waals surface area contributed by atoms with Crippen molar-refractivity contribution in [1.29, 1.82) is 0 Å². The predicted octanol–water partition coefficient (Wildman–Crippen LogP) is 5.05. The van der Waals surface area contributed by atoms with Gasteiger partial charge in [-0.25, -0.2) is 0 Å². The van der Waals surface area contributed by atoms with Crippen molar-refractivity contribution in [1.82, 2.24) is 4.90 Å². The molecule has 1 fully saturated rings. The first-order valence-corrected chi connectivity index (χ1v) is 10.5. The number of imide groups is 1. The van der Waals surface area contributed by atoms with Crippen LogP contribution in [-0.2, 0) is 4.79 Å². The van der Waals surface area contributed by atoms with Crippen molar-refractivity contribution < 1.29 is 14.4 Å². The van der Waals surface area contributed by atoms with Crippen LogP contribution >= 0.6 is 23.2 Å². The summed E-state index contributed by atoms with van der Waals surface area (Å²) in [6, 6.07) is 17.5. The maximum Gasteiger partial charge on any atom is 0.262 e. The van der Waals surface area contributed by atoms with Gasteiger partial charge < -0.3 is 4.90 Å². The summed E-state index contributed by atoms with van der Waals surface area (Å²) in [6.07, 6.45) is 0. The van der Waals surface area contributed by atoms with E-state index in [0.29, 0.717) is 32.4 Å². The number of benzene rings is 3. The van der Waals surface area contributed by atoms with E-state index in [0.717, 1.165) is 10.5 Å². The average molecular weight is 451 g/mol. The summed E-state index contributed by atoms with van der Waals surface area (Å²) < 4.78 is 0. The van der Waals surface area contributed by atoms with E-state index in [-0.39, 0.29) is 5.91 Å². The molecular formula is C24H16Cl2N2O3. The Bertz CT molecular complexity index is 1220. The lowest BCUT2D eigenvalue weighted by molar-refractivity contribution is -0.130. The Balaban J connectivity index is 1.63. The fraction of sp³-hybridized carbons (Fsp3) is 0.125. The van der Waals surface area contributed by atoms with Gasteiger partial charge in [0.15, 0.2) is 0 Å². The first kappa shape index (κ1) is 19.8. The van der Waals surface area contributed by atoms with Crippen molar-refractivity contribution in [2.45, 2.75) is 19.0 Å². The summed E-state index contributed by atoms with van der Waals surface area (Å²) in [5.74, 6) is -1.31. The van der Waals surface area contributed by atoms with Crippen LogP contribution in [0, 0.1) is 6.92 Å². The zero-order chi connectivity index (χ0) is 21.9. The van der Waals surface area contributed by atoms with Gasteiger partial charge in [0.05, 0.1) is 27.2 Å². The Kier molecular flexibility index (Phi) is 4.61. The lowest BCUT2D eigenvalue weighted by Gasteiger charge is -2.50. The van der Waals surface area contributed by atoms with E-state index in [9.17, 15) is 14.4 Å². The molecule has 5 nitrogen and oxygen atoms in total. The molecule has 3 amide bonds. The second kappa shape index (κ2) is 7.22. The first-order chi connectivity index (χ1) is 14.9. The molecule has 5 rings (SSSR count). The number of aryl methyl sites for hydroxylation is 1. The number of fused-ring (bicyclic) bond motifs is 1.